The molecule has 1 rings (SSSR count). The molecule has 0 aromatic rings. The summed E-state index contributed by atoms with van der Waals surface area (Å²) in [5.74, 6) is 0.734. The van der Waals surface area contributed by atoms with E-state index in [1.165, 1.54) is 5.57 Å². The van der Waals surface area contributed by atoms with Gasteiger partial charge in [0.05, 0.1) is 6.61 Å². The van der Waals surface area contributed by atoms with E-state index in [-0.39, 0.29) is 11.0 Å². The van der Waals surface area contributed by atoms with Crippen molar-refractivity contribution in [1.29, 1.82) is 0 Å². The van der Waals surface area contributed by atoms with E-state index in [1.54, 1.807) is 6.08 Å². The summed E-state index contributed by atoms with van der Waals surface area (Å²) in [4.78, 5) is 11.7. The lowest BCUT2D eigenvalue weighted by Crippen LogP contribution is -2.42. The molecule has 2 atom stereocenters. The molecule has 0 spiro atoms. The smallest absolute Gasteiger partial charge is 0.330 e. The van der Waals surface area contributed by atoms with E-state index in [4.69, 9.17) is 9.16 Å². The summed E-state index contributed by atoms with van der Waals surface area (Å²) in [6.07, 6.45) is 3.83. The van der Waals surface area contributed by atoms with Gasteiger partial charge in [0.15, 0.2) is 8.32 Å². The monoisotopic (exact) mass is 312 g/mol. The third kappa shape index (κ3) is 4.96. The lowest BCUT2D eigenvalue weighted by atomic mass is 9.96. The Morgan fingerprint density at radius 3 is 2.52 bits per heavy atom. The molecule has 0 radical (unpaired) electrons. The molecule has 0 unspecified atom stereocenters. The van der Waals surface area contributed by atoms with Crippen LogP contribution >= 0.6 is 0 Å². The molecule has 1 aliphatic carbocycles. The molecule has 21 heavy (non-hydrogen) atoms. The van der Waals surface area contributed by atoms with Crippen molar-refractivity contribution in [2.75, 3.05) is 13.2 Å². The Labute approximate surface area is 131 Å². The highest BCUT2D eigenvalue weighted by atomic mass is 28.4. The molecule has 1 fully saturated rings. The van der Waals surface area contributed by atoms with Gasteiger partial charge in [-0.05, 0) is 43.8 Å². The maximum absolute atomic E-state index is 11.7. The van der Waals surface area contributed by atoms with Crippen molar-refractivity contribution >= 4 is 14.3 Å². The largest absolute Gasteiger partial charge is 0.463 e. The normalized spacial score (nSPS) is 25.4. The third-order valence-electron chi connectivity index (χ3n) is 5.07. The van der Waals surface area contributed by atoms with Gasteiger partial charge in [-0.2, -0.15) is 0 Å². The fourth-order valence-corrected chi connectivity index (χ4v) is 3.48. The molecule has 1 aliphatic rings. The number of hydrogen-bond acceptors (Lipinski definition) is 3. The number of carbonyl (C=O) groups excluding carboxylic acids is 1. The lowest BCUT2D eigenvalue weighted by molar-refractivity contribution is -0.137. The Bertz CT molecular complexity index is 393. The van der Waals surface area contributed by atoms with Crippen molar-refractivity contribution in [1.82, 2.24) is 0 Å². The predicted octanol–water partition coefficient (Wildman–Crippen LogP) is 4.54. The number of esters is 1. The van der Waals surface area contributed by atoms with Crippen LogP contribution < -0.4 is 0 Å². The predicted molar refractivity (Wildman–Crippen MR) is 89.8 cm³/mol. The van der Waals surface area contributed by atoms with Crippen LogP contribution in [0.1, 0.15) is 47.5 Å². The molecule has 0 aliphatic heterocycles. The molecular formula is C17H32O3Si. The summed E-state index contributed by atoms with van der Waals surface area (Å²) in [5, 5.41) is 0.222. The standard InChI is InChI=1S/C17H32O3Si/c1-8-19-16(18)11-14-10-9-13(2)15(14)12-20-21(6,7)17(3,4)5/h11,13,15H,8-10,12H2,1-7H3/b14-11-/t13-,15+/m0/s1. The van der Waals surface area contributed by atoms with Gasteiger partial charge in [-0.15, -0.1) is 0 Å². The van der Waals surface area contributed by atoms with Gasteiger partial charge in [0.25, 0.3) is 0 Å². The number of carbonyl (C=O) groups is 1. The van der Waals surface area contributed by atoms with Crippen LogP contribution in [0.15, 0.2) is 11.6 Å². The summed E-state index contributed by atoms with van der Waals surface area (Å²) in [5.41, 5.74) is 1.21. The first-order chi connectivity index (χ1) is 9.58. The highest BCUT2D eigenvalue weighted by molar-refractivity contribution is 6.74. The molecule has 4 heteroatoms. The van der Waals surface area contributed by atoms with E-state index in [0.717, 1.165) is 19.4 Å². The molecule has 122 valence electrons. The Morgan fingerprint density at radius 1 is 1.38 bits per heavy atom. The lowest BCUT2D eigenvalue weighted by Gasteiger charge is -2.37. The van der Waals surface area contributed by atoms with Crippen LogP contribution in [0, 0.1) is 11.8 Å². The van der Waals surface area contributed by atoms with Crippen molar-refractivity contribution < 1.29 is 14.0 Å². The molecule has 0 saturated heterocycles. The molecule has 0 heterocycles. The average molecular weight is 313 g/mol. The van der Waals surface area contributed by atoms with Crippen molar-refractivity contribution in [3.05, 3.63) is 11.6 Å². The van der Waals surface area contributed by atoms with Crippen LogP contribution in [0.2, 0.25) is 18.1 Å². The van der Waals surface area contributed by atoms with Crippen LogP contribution in [0.5, 0.6) is 0 Å². The van der Waals surface area contributed by atoms with Crippen LogP contribution in [0.3, 0.4) is 0 Å². The molecule has 0 aromatic heterocycles. The van der Waals surface area contributed by atoms with Crippen molar-refractivity contribution in [3.8, 4) is 0 Å². The van der Waals surface area contributed by atoms with Gasteiger partial charge in [-0.1, -0.05) is 33.3 Å². The van der Waals surface area contributed by atoms with E-state index >= 15 is 0 Å². The van der Waals surface area contributed by atoms with E-state index < -0.39 is 8.32 Å². The zero-order chi connectivity index (χ0) is 16.3. The number of rotatable bonds is 5. The summed E-state index contributed by atoms with van der Waals surface area (Å²) in [6.45, 7) is 16.6. The maximum Gasteiger partial charge on any atom is 0.330 e. The van der Waals surface area contributed by atoms with Gasteiger partial charge in [0.2, 0.25) is 0 Å². The second-order valence-corrected chi connectivity index (χ2v) is 12.5. The minimum atomic E-state index is -1.73. The molecule has 0 N–H and O–H groups in total. The second-order valence-electron chi connectivity index (χ2n) is 7.67. The van der Waals surface area contributed by atoms with Crippen LogP contribution in [-0.4, -0.2) is 27.5 Å². The minimum Gasteiger partial charge on any atom is -0.463 e. The van der Waals surface area contributed by atoms with Crippen LogP contribution in [0.25, 0.3) is 0 Å². The Hall–Kier alpha value is -0.613. The number of hydrogen-bond donors (Lipinski definition) is 0. The molecule has 0 bridgehead atoms. The highest BCUT2D eigenvalue weighted by Gasteiger charge is 2.39. The zero-order valence-corrected chi connectivity index (χ0v) is 15.8. The van der Waals surface area contributed by atoms with Crippen molar-refractivity contribution in [3.63, 3.8) is 0 Å². The van der Waals surface area contributed by atoms with Crippen molar-refractivity contribution in [2.45, 2.75) is 65.6 Å². The molecule has 0 aromatic carbocycles. The topological polar surface area (TPSA) is 35.5 Å². The Kier molecular flexibility index (Phi) is 6.23. The third-order valence-corrected chi connectivity index (χ3v) is 9.57. The van der Waals surface area contributed by atoms with Crippen LogP contribution in [-0.2, 0) is 14.0 Å². The Balaban J connectivity index is 2.73. The number of ether oxygens (including phenoxy) is 1. The van der Waals surface area contributed by atoms with Gasteiger partial charge < -0.3 is 9.16 Å². The zero-order valence-electron chi connectivity index (χ0n) is 14.8. The fourth-order valence-electron chi connectivity index (χ4n) is 2.45. The van der Waals surface area contributed by atoms with E-state index in [2.05, 4.69) is 40.8 Å². The van der Waals surface area contributed by atoms with Gasteiger partial charge >= 0.3 is 5.97 Å². The van der Waals surface area contributed by atoms with Gasteiger partial charge in [-0.25, -0.2) is 4.79 Å². The summed E-state index contributed by atoms with van der Waals surface area (Å²) in [7, 11) is -1.73. The van der Waals surface area contributed by atoms with E-state index in [9.17, 15) is 4.79 Å². The molecule has 1 saturated carbocycles. The van der Waals surface area contributed by atoms with Crippen LogP contribution in [0.4, 0.5) is 0 Å². The van der Waals surface area contributed by atoms with Gasteiger partial charge in [-0.3, -0.25) is 0 Å². The minimum absolute atomic E-state index is 0.209. The Morgan fingerprint density at radius 2 is 2.00 bits per heavy atom. The summed E-state index contributed by atoms with van der Waals surface area (Å²) >= 11 is 0. The first kappa shape index (κ1) is 18.4. The maximum atomic E-state index is 11.7. The highest BCUT2D eigenvalue weighted by Crippen LogP contribution is 2.40. The molecule has 0 amide bonds. The van der Waals surface area contributed by atoms with Crippen molar-refractivity contribution in [2.24, 2.45) is 11.8 Å². The first-order valence-electron chi connectivity index (χ1n) is 8.09. The fraction of sp³-hybridized carbons (Fsp3) is 0.824. The second kappa shape index (κ2) is 7.10. The SMILES string of the molecule is CCOC(=O)/C=C1/CC[C@H](C)[C@H]1CO[Si](C)(C)C(C)(C)C. The molecular weight excluding hydrogens is 280 g/mol. The van der Waals surface area contributed by atoms with Gasteiger partial charge in [0.1, 0.15) is 0 Å². The van der Waals surface area contributed by atoms with E-state index in [0.29, 0.717) is 18.4 Å². The van der Waals surface area contributed by atoms with Gasteiger partial charge in [0, 0.05) is 18.6 Å². The molecule has 3 nitrogen and oxygen atoms in total. The summed E-state index contributed by atoms with van der Waals surface area (Å²) < 4.78 is 11.4. The quantitative estimate of drug-likeness (QED) is 0.424. The first-order valence-corrected chi connectivity index (χ1v) is 11.0. The summed E-state index contributed by atoms with van der Waals surface area (Å²) in [6, 6.07) is 0. The van der Waals surface area contributed by atoms with E-state index in [1.807, 2.05) is 6.92 Å². The average Bonchev–Trinajstić information content (AvgIpc) is 2.66.